The molecule has 3 amide bonds. The predicted molar refractivity (Wildman–Crippen MR) is 94.4 cm³/mol. The van der Waals surface area contributed by atoms with Crippen molar-refractivity contribution in [2.24, 2.45) is 11.7 Å². The fourth-order valence-electron chi connectivity index (χ4n) is 3.77. The molecule has 1 unspecified atom stereocenters. The molecule has 0 aromatic carbocycles. The van der Waals surface area contributed by atoms with E-state index in [1.54, 1.807) is 11.2 Å². The molecule has 2 aliphatic rings. The highest BCUT2D eigenvalue weighted by Gasteiger charge is 2.32. The molecule has 2 aromatic rings. The van der Waals surface area contributed by atoms with E-state index >= 15 is 0 Å². The molecule has 2 saturated heterocycles. The number of urea groups is 1. The van der Waals surface area contributed by atoms with Crippen LogP contribution in [0.2, 0.25) is 0 Å². The SMILES string of the molecule is NC(=O)N1CCCC(C(=O)N2CCN(c3ncnc4nc[nH]c34)CC2)C1. The van der Waals surface area contributed by atoms with Crippen molar-refractivity contribution in [3.8, 4) is 0 Å². The van der Waals surface area contributed by atoms with Crippen LogP contribution in [0, 0.1) is 5.92 Å². The topological polar surface area (TPSA) is 124 Å². The van der Waals surface area contributed by atoms with Crippen LogP contribution in [-0.4, -0.2) is 80.9 Å². The number of rotatable bonds is 2. The Hall–Kier alpha value is -2.91. The number of primary amides is 1. The molecule has 4 rings (SSSR count). The number of hydrogen-bond acceptors (Lipinski definition) is 6. The molecule has 2 fully saturated rings. The van der Waals surface area contributed by atoms with Gasteiger partial charge in [-0.15, -0.1) is 0 Å². The number of aromatic nitrogens is 4. The Morgan fingerprint density at radius 1 is 1.08 bits per heavy atom. The van der Waals surface area contributed by atoms with Gasteiger partial charge in [-0.1, -0.05) is 0 Å². The van der Waals surface area contributed by atoms with Crippen LogP contribution in [0.1, 0.15) is 12.8 Å². The van der Waals surface area contributed by atoms with E-state index in [1.807, 2.05) is 4.90 Å². The summed E-state index contributed by atoms with van der Waals surface area (Å²) in [6, 6.07) is -0.445. The van der Waals surface area contributed by atoms with Gasteiger partial charge < -0.3 is 25.4 Å². The van der Waals surface area contributed by atoms with Gasteiger partial charge in [-0.05, 0) is 12.8 Å². The maximum absolute atomic E-state index is 12.8. The van der Waals surface area contributed by atoms with Gasteiger partial charge in [0.05, 0.1) is 12.2 Å². The van der Waals surface area contributed by atoms with Crippen molar-refractivity contribution in [2.75, 3.05) is 44.2 Å². The number of nitrogens with zero attached hydrogens (tertiary/aromatic N) is 6. The van der Waals surface area contributed by atoms with Gasteiger partial charge in [0.15, 0.2) is 11.5 Å². The third-order valence-electron chi connectivity index (χ3n) is 5.18. The maximum Gasteiger partial charge on any atom is 0.314 e. The summed E-state index contributed by atoms with van der Waals surface area (Å²) in [5, 5.41) is 0. The van der Waals surface area contributed by atoms with Gasteiger partial charge >= 0.3 is 6.03 Å². The summed E-state index contributed by atoms with van der Waals surface area (Å²) in [6.45, 7) is 3.72. The summed E-state index contributed by atoms with van der Waals surface area (Å²) in [6.07, 6.45) is 4.74. The van der Waals surface area contributed by atoms with Gasteiger partial charge in [-0.25, -0.2) is 19.7 Å². The lowest BCUT2D eigenvalue weighted by molar-refractivity contribution is -0.137. The molecule has 0 bridgehead atoms. The molecule has 2 aromatic heterocycles. The number of aromatic amines is 1. The third kappa shape index (κ3) is 3.02. The third-order valence-corrected chi connectivity index (χ3v) is 5.18. The monoisotopic (exact) mass is 358 g/mol. The van der Waals surface area contributed by atoms with Gasteiger partial charge in [-0.2, -0.15) is 0 Å². The van der Waals surface area contributed by atoms with Gasteiger partial charge in [0, 0.05) is 39.3 Å². The number of piperidine rings is 1. The van der Waals surface area contributed by atoms with Crippen LogP contribution in [0.4, 0.5) is 10.6 Å². The Kier molecular flexibility index (Phi) is 4.31. The van der Waals surface area contributed by atoms with Crippen LogP contribution < -0.4 is 10.6 Å². The standard InChI is InChI=1S/C16H22N8O2/c17-16(26)24-3-1-2-11(8-24)15(25)23-6-4-22(5-7-23)14-12-13(19-9-18-12)20-10-21-14/h9-11H,1-8H2,(H2,17,26)(H,18,19,20,21). The highest BCUT2D eigenvalue weighted by atomic mass is 16.2. The number of H-pyrrole nitrogens is 1. The minimum Gasteiger partial charge on any atom is -0.351 e. The van der Waals surface area contributed by atoms with Crippen molar-refractivity contribution in [1.29, 1.82) is 0 Å². The number of fused-ring (bicyclic) bond motifs is 1. The van der Waals surface area contributed by atoms with Gasteiger partial charge in [-0.3, -0.25) is 4.79 Å². The van der Waals surface area contributed by atoms with Crippen molar-refractivity contribution in [3.05, 3.63) is 12.7 Å². The van der Waals surface area contributed by atoms with E-state index in [0.29, 0.717) is 44.9 Å². The van der Waals surface area contributed by atoms with Crippen LogP contribution in [0.5, 0.6) is 0 Å². The highest BCUT2D eigenvalue weighted by Crippen LogP contribution is 2.23. The number of imidazole rings is 1. The molecular weight excluding hydrogens is 336 g/mol. The number of nitrogens with two attached hydrogens (primary N) is 1. The average Bonchev–Trinajstić information content (AvgIpc) is 3.16. The lowest BCUT2D eigenvalue weighted by Gasteiger charge is -2.39. The number of carbonyl (C=O) groups is 2. The molecule has 26 heavy (non-hydrogen) atoms. The maximum atomic E-state index is 12.8. The van der Waals surface area contributed by atoms with E-state index in [0.717, 1.165) is 24.2 Å². The highest BCUT2D eigenvalue weighted by molar-refractivity contribution is 5.83. The molecule has 0 saturated carbocycles. The second kappa shape index (κ2) is 6.77. The Labute approximate surface area is 150 Å². The van der Waals surface area contributed by atoms with Crippen LogP contribution in [0.3, 0.4) is 0 Å². The van der Waals surface area contributed by atoms with E-state index in [1.165, 1.54) is 6.33 Å². The second-order valence-electron chi connectivity index (χ2n) is 6.73. The van der Waals surface area contributed by atoms with Crippen molar-refractivity contribution in [2.45, 2.75) is 12.8 Å². The number of anilines is 1. The van der Waals surface area contributed by atoms with E-state index in [2.05, 4.69) is 24.8 Å². The quantitative estimate of drug-likeness (QED) is 0.765. The molecule has 0 radical (unpaired) electrons. The number of nitrogens with one attached hydrogen (secondary N) is 1. The summed E-state index contributed by atoms with van der Waals surface area (Å²) in [5.41, 5.74) is 6.82. The van der Waals surface area contributed by atoms with E-state index in [9.17, 15) is 9.59 Å². The zero-order valence-electron chi connectivity index (χ0n) is 14.5. The fourth-order valence-corrected chi connectivity index (χ4v) is 3.77. The summed E-state index contributed by atoms with van der Waals surface area (Å²) in [4.78, 5) is 45.5. The average molecular weight is 358 g/mol. The first-order chi connectivity index (χ1) is 12.6. The number of hydrogen-bond donors (Lipinski definition) is 2. The number of carbonyl (C=O) groups excluding carboxylic acids is 2. The first kappa shape index (κ1) is 16.6. The number of likely N-dealkylation sites (tertiary alicyclic amines) is 1. The largest absolute Gasteiger partial charge is 0.351 e. The van der Waals surface area contributed by atoms with E-state index in [4.69, 9.17) is 5.73 Å². The van der Waals surface area contributed by atoms with Crippen molar-refractivity contribution in [1.82, 2.24) is 29.7 Å². The van der Waals surface area contributed by atoms with Gasteiger partial charge in [0.2, 0.25) is 5.91 Å². The first-order valence-electron chi connectivity index (χ1n) is 8.85. The summed E-state index contributed by atoms with van der Waals surface area (Å²) < 4.78 is 0. The molecule has 10 nitrogen and oxygen atoms in total. The Morgan fingerprint density at radius 3 is 2.65 bits per heavy atom. The van der Waals surface area contributed by atoms with Gasteiger partial charge in [0.25, 0.3) is 0 Å². The Balaban J connectivity index is 1.39. The summed E-state index contributed by atoms with van der Waals surface area (Å²) in [5.74, 6) is 0.781. The fraction of sp³-hybridized carbons (Fsp3) is 0.562. The van der Waals surface area contributed by atoms with Gasteiger partial charge in [0.1, 0.15) is 11.8 Å². The molecular formula is C16H22N8O2. The molecule has 4 heterocycles. The molecule has 2 aliphatic heterocycles. The molecule has 1 atom stereocenters. The van der Waals surface area contributed by atoms with E-state index < -0.39 is 6.03 Å². The lowest BCUT2D eigenvalue weighted by atomic mass is 9.96. The van der Waals surface area contributed by atoms with Crippen molar-refractivity contribution < 1.29 is 9.59 Å². The Bertz CT molecular complexity index is 813. The summed E-state index contributed by atoms with van der Waals surface area (Å²) >= 11 is 0. The minimum atomic E-state index is -0.445. The zero-order chi connectivity index (χ0) is 18.1. The van der Waals surface area contributed by atoms with Crippen LogP contribution in [0.15, 0.2) is 12.7 Å². The predicted octanol–water partition coefficient (Wildman–Crippen LogP) is -0.208. The molecule has 0 spiro atoms. The van der Waals surface area contributed by atoms with Crippen molar-refractivity contribution >= 4 is 28.9 Å². The normalized spacial score (nSPS) is 21.2. The molecule has 3 N–H and O–H groups in total. The second-order valence-corrected chi connectivity index (χ2v) is 6.73. The zero-order valence-corrected chi connectivity index (χ0v) is 14.5. The minimum absolute atomic E-state index is 0.116. The molecule has 10 heteroatoms. The number of piperazine rings is 1. The van der Waals surface area contributed by atoms with Crippen LogP contribution in [-0.2, 0) is 4.79 Å². The Morgan fingerprint density at radius 2 is 1.88 bits per heavy atom. The smallest absolute Gasteiger partial charge is 0.314 e. The van der Waals surface area contributed by atoms with Crippen LogP contribution >= 0.6 is 0 Å². The van der Waals surface area contributed by atoms with E-state index in [-0.39, 0.29) is 11.8 Å². The molecule has 138 valence electrons. The number of amides is 3. The summed E-state index contributed by atoms with van der Waals surface area (Å²) in [7, 11) is 0. The van der Waals surface area contributed by atoms with Crippen LogP contribution in [0.25, 0.3) is 11.2 Å². The first-order valence-corrected chi connectivity index (χ1v) is 8.85. The molecule has 0 aliphatic carbocycles. The van der Waals surface area contributed by atoms with Crippen molar-refractivity contribution in [3.63, 3.8) is 0 Å². The lowest BCUT2D eigenvalue weighted by Crippen LogP contribution is -2.53.